The number of hydrogen-bond acceptors (Lipinski definition) is 5. The third kappa shape index (κ3) is 4.61. The summed E-state index contributed by atoms with van der Waals surface area (Å²) in [5, 5.41) is 0. The van der Waals surface area contributed by atoms with Gasteiger partial charge < -0.3 is 14.4 Å². The van der Waals surface area contributed by atoms with Gasteiger partial charge in [-0.3, -0.25) is 4.79 Å². The minimum Gasteiger partial charge on any atom is -0.338 e. The van der Waals surface area contributed by atoms with Crippen LogP contribution in [0.2, 0.25) is 0 Å². The zero-order valence-corrected chi connectivity index (χ0v) is 19.9. The van der Waals surface area contributed by atoms with Crippen molar-refractivity contribution in [3.05, 3.63) is 30.1 Å². The fourth-order valence-corrected chi connectivity index (χ4v) is 6.05. The monoisotopic (exact) mass is 484 g/mol. The Bertz CT molecular complexity index is 1120. The second-order valence-corrected chi connectivity index (χ2v) is 11.0. The van der Waals surface area contributed by atoms with E-state index in [1.807, 2.05) is 20.9 Å². The largest absolute Gasteiger partial charge is 0.338 e. The maximum absolute atomic E-state index is 13.9. The molecule has 2 aromatic rings. The third-order valence-electron chi connectivity index (χ3n) is 6.47. The first kappa shape index (κ1) is 24.0. The third-order valence-corrected chi connectivity index (χ3v) is 8.50. The number of fused-ring (bicyclic) bond motifs is 1. The molecule has 0 bridgehead atoms. The zero-order chi connectivity index (χ0) is 23.9. The van der Waals surface area contributed by atoms with Crippen LogP contribution < -0.4 is 0 Å². The number of halogens is 2. The van der Waals surface area contributed by atoms with E-state index in [9.17, 15) is 22.0 Å². The van der Waals surface area contributed by atoms with Crippen molar-refractivity contribution in [2.45, 2.75) is 19.9 Å². The van der Waals surface area contributed by atoms with Gasteiger partial charge in [0, 0.05) is 64.5 Å². The Balaban J connectivity index is 1.48. The molecule has 2 saturated heterocycles. The summed E-state index contributed by atoms with van der Waals surface area (Å²) in [6.07, 6.45) is 1.43. The molecule has 1 aromatic heterocycles. The van der Waals surface area contributed by atoms with Gasteiger partial charge in [-0.05, 0) is 13.0 Å². The van der Waals surface area contributed by atoms with Crippen LogP contribution in [0.15, 0.2) is 18.5 Å². The van der Waals surface area contributed by atoms with Crippen molar-refractivity contribution >= 4 is 27.1 Å². The maximum Gasteiger partial charge on any atom is 0.282 e. The molecule has 182 valence electrons. The van der Waals surface area contributed by atoms with Crippen molar-refractivity contribution in [3.63, 3.8) is 0 Å². The van der Waals surface area contributed by atoms with E-state index in [1.54, 1.807) is 9.47 Å². The lowest BCUT2D eigenvalue weighted by molar-refractivity contribution is -0.137. The van der Waals surface area contributed by atoms with Crippen LogP contribution in [0.5, 0.6) is 0 Å². The Morgan fingerprint density at radius 2 is 1.48 bits per heavy atom. The fourth-order valence-electron chi connectivity index (χ4n) is 4.48. The van der Waals surface area contributed by atoms with E-state index < -0.39 is 27.9 Å². The van der Waals surface area contributed by atoms with Crippen LogP contribution in [0.25, 0.3) is 11.0 Å². The van der Waals surface area contributed by atoms with Gasteiger partial charge in [0.1, 0.15) is 6.04 Å². The Morgan fingerprint density at radius 1 is 0.939 bits per heavy atom. The quantitative estimate of drug-likeness (QED) is 0.636. The van der Waals surface area contributed by atoms with E-state index in [-0.39, 0.29) is 43.5 Å². The first-order valence-electron chi connectivity index (χ1n) is 11.1. The van der Waals surface area contributed by atoms with Gasteiger partial charge in [-0.25, -0.2) is 13.8 Å². The smallest absolute Gasteiger partial charge is 0.282 e. The molecular formula is C21H30F2N6O3S. The van der Waals surface area contributed by atoms with E-state index in [2.05, 4.69) is 9.88 Å². The highest BCUT2D eigenvalue weighted by atomic mass is 32.2. The van der Waals surface area contributed by atoms with Gasteiger partial charge in [0.15, 0.2) is 11.6 Å². The predicted molar refractivity (Wildman–Crippen MR) is 120 cm³/mol. The number of rotatable bonds is 5. The molecular weight excluding hydrogens is 454 g/mol. The molecule has 4 rings (SSSR count). The second kappa shape index (κ2) is 9.24. The number of aromatic nitrogens is 2. The molecule has 0 N–H and O–H groups in total. The number of hydrogen-bond donors (Lipinski definition) is 0. The average Bonchev–Trinajstić information content (AvgIpc) is 3.16. The van der Waals surface area contributed by atoms with Gasteiger partial charge in [0.25, 0.3) is 10.2 Å². The van der Waals surface area contributed by atoms with Gasteiger partial charge in [0.05, 0.1) is 17.4 Å². The lowest BCUT2D eigenvalue weighted by Gasteiger charge is -2.40. The lowest BCUT2D eigenvalue weighted by atomic mass is 10.0. The normalized spacial score (nSPS) is 20.6. The van der Waals surface area contributed by atoms with Crippen LogP contribution in [0.1, 0.15) is 19.9 Å². The summed E-state index contributed by atoms with van der Waals surface area (Å²) in [5.74, 6) is -2.32. The molecule has 2 aliphatic rings. The van der Waals surface area contributed by atoms with E-state index in [0.717, 1.165) is 12.1 Å². The highest BCUT2D eigenvalue weighted by molar-refractivity contribution is 7.86. The summed E-state index contributed by atoms with van der Waals surface area (Å²) in [6.45, 7) is 7.02. The van der Waals surface area contributed by atoms with Gasteiger partial charge >= 0.3 is 0 Å². The second-order valence-electron chi connectivity index (χ2n) is 9.03. The highest BCUT2D eigenvalue weighted by Crippen LogP contribution is 2.28. The number of carbonyl (C=O) groups excluding carboxylic acids is 1. The summed E-state index contributed by atoms with van der Waals surface area (Å²) < 4.78 is 58.0. The van der Waals surface area contributed by atoms with Crippen LogP contribution in [0, 0.1) is 17.6 Å². The molecule has 33 heavy (non-hydrogen) atoms. The van der Waals surface area contributed by atoms with Crippen molar-refractivity contribution in [2.24, 2.45) is 5.92 Å². The number of amides is 1. The Labute approximate surface area is 192 Å². The fraction of sp³-hybridized carbons (Fsp3) is 0.619. The van der Waals surface area contributed by atoms with E-state index >= 15 is 0 Å². The number of carbonyl (C=O) groups is 1. The molecule has 3 heterocycles. The maximum atomic E-state index is 13.9. The molecule has 12 heteroatoms. The molecule has 0 radical (unpaired) electrons. The van der Waals surface area contributed by atoms with Crippen LogP contribution in [0.4, 0.5) is 8.78 Å². The minimum atomic E-state index is -3.57. The minimum absolute atomic E-state index is 0.143. The molecule has 1 amide bonds. The number of imidazole rings is 1. The molecule has 2 aliphatic heterocycles. The highest BCUT2D eigenvalue weighted by Gasteiger charge is 2.37. The van der Waals surface area contributed by atoms with Crippen molar-refractivity contribution in [1.82, 2.24) is 28.0 Å². The number of nitrogens with zero attached hydrogens (tertiary/aromatic N) is 6. The van der Waals surface area contributed by atoms with Gasteiger partial charge in [-0.2, -0.15) is 17.0 Å². The molecule has 0 spiro atoms. The summed E-state index contributed by atoms with van der Waals surface area (Å²) >= 11 is 0. The van der Waals surface area contributed by atoms with Crippen LogP contribution in [-0.4, -0.2) is 102 Å². The van der Waals surface area contributed by atoms with Crippen molar-refractivity contribution in [1.29, 1.82) is 0 Å². The molecule has 1 atom stereocenters. The molecule has 1 aromatic carbocycles. The summed E-state index contributed by atoms with van der Waals surface area (Å²) in [7, 11) is -1.60. The standard InChI is InChI=1S/C21H30F2N6O3S/c1-15(2)20(29-14-24-18-12-16(22)17(23)13-19(18)29)21(30)26-6-10-28(11-7-26)33(31,32)27-8-4-25(3)5-9-27/h12-15,20H,4-11H2,1-3H3. The van der Waals surface area contributed by atoms with E-state index in [1.165, 1.54) is 14.9 Å². The lowest BCUT2D eigenvalue weighted by Crippen LogP contribution is -2.57. The molecule has 0 saturated carbocycles. The zero-order valence-electron chi connectivity index (χ0n) is 19.1. The van der Waals surface area contributed by atoms with Crippen molar-refractivity contribution < 1.29 is 22.0 Å². The SMILES string of the molecule is CC(C)C(C(=O)N1CCN(S(=O)(=O)N2CCN(C)CC2)CC1)n1cnc2cc(F)c(F)cc21. The van der Waals surface area contributed by atoms with Crippen molar-refractivity contribution in [3.8, 4) is 0 Å². The number of likely N-dealkylation sites (N-methyl/N-ethyl adjacent to an activating group) is 1. The Hall–Kier alpha value is -2.15. The van der Waals surface area contributed by atoms with Crippen LogP contribution >= 0.6 is 0 Å². The van der Waals surface area contributed by atoms with Crippen molar-refractivity contribution in [2.75, 3.05) is 59.4 Å². The average molecular weight is 485 g/mol. The molecule has 2 fully saturated rings. The molecule has 9 nitrogen and oxygen atoms in total. The number of piperazine rings is 2. The summed E-state index contributed by atoms with van der Waals surface area (Å²) in [6, 6.07) is 1.41. The van der Waals surface area contributed by atoms with E-state index in [0.29, 0.717) is 31.7 Å². The van der Waals surface area contributed by atoms with Gasteiger partial charge in [0.2, 0.25) is 5.91 Å². The summed E-state index contributed by atoms with van der Waals surface area (Å²) in [5.41, 5.74) is 0.618. The Kier molecular flexibility index (Phi) is 6.72. The Morgan fingerprint density at radius 3 is 2.06 bits per heavy atom. The predicted octanol–water partition coefficient (Wildman–Crippen LogP) is 1.15. The first-order chi connectivity index (χ1) is 15.6. The molecule has 1 unspecified atom stereocenters. The first-order valence-corrected chi connectivity index (χ1v) is 12.5. The van der Waals surface area contributed by atoms with E-state index in [4.69, 9.17) is 0 Å². The van der Waals surface area contributed by atoms with Crippen LogP contribution in [0.3, 0.4) is 0 Å². The van der Waals surface area contributed by atoms with Gasteiger partial charge in [-0.1, -0.05) is 13.8 Å². The van der Waals surface area contributed by atoms with Crippen LogP contribution in [-0.2, 0) is 15.0 Å². The molecule has 0 aliphatic carbocycles. The topological polar surface area (TPSA) is 82.0 Å². The summed E-state index contributed by atoms with van der Waals surface area (Å²) in [4.78, 5) is 21.3. The number of benzene rings is 1. The van der Waals surface area contributed by atoms with Gasteiger partial charge in [-0.15, -0.1) is 0 Å².